The van der Waals surface area contributed by atoms with Crippen molar-refractivity contribution in [3.05, 3.63) is 21.9 Å². The van der Waals surface area contributed by atoms with E-state index in [1.165, 1.54) is 0 Å². The van der Waals surface area contributed by atoms with Gasteiger partial charge in [0.25, 0.3) is 0 Å². The van der Waals surface area contributed by atoms with Gasteiger partial charge in [-0.25, -0.2) is 4.79 Å². The Kier molecular flexibility index (Phi) is 3.55. The Morgan fingerprint density at radius 3 is 2.42 bits per heavy atom. The summed E-state index contributed by atoms with van der Waals surface area (Å²) in [5, 5.41) is 0. The molecule has 1 heterocycles. The Morgan fingerprint density at radius 1 is 1.58 bits per heavy atom. The summed E-state index contributed by atoms with van der Waals surface area (Å²) in [6.07, 6.45) is 1.70. The first-order valence-electron chi connectivity index (χ1n) is 3.10. The first-order chi connectivity index (χ1) is 5.52. The van der Waals surface area contributed by atoms with Crippen LogP contribution in [-0.2, 0) is 9.53 Å². The third-order valence-electron chi connectivity index (χ3n) is 1.30. The zero-order valence-corrected chi connectivity index (χ0v) is 10.9. The Bertz CT molecular complexity index is 274. The smallest absolute Gasteiger partial charge is 0.341 e. The van der Waals surface area contributed by atoms with Crippen molar-refractivity contribution in [3.63, 3.8) is 0 Å². The molecule has 12 heavy (non-hydrogen) atoms. The lowest BCUT2D eigenvalue weighted by Crippen LogP contribution is -2.03. The Morgan fingerprint density at radius 2 is 2.17 bits per heavy atom. The molecule has 0 aromatic carbocycles. The molecule has 0 unspecified atom stereocenters. The molecule has 0 saturated carbocycles. The SMILES string of the molecule is C/C(Br)=C1\C=C(C(Br)Br)C(=O)O1. The van der Waals surface area contributed by atoms with E-state index < -0.39 is 0 Å². The van der Waals surface area contributed by atoms with Crippen LogP contribution in [0, 0.1) is 0 Å². The van der Waals surface area contributed by atoms with Crippen molar-refractivity contribution in [2.45, 2.75) is 10.7 Å². The van der Waals surface area contributed by atoms with Crippen LogP contribution in [0.3, 0.4) is 0 Å². The molecule has 66 valence electrons. The number of alkyl halides is 2. The summed E-state index contributed by atoms with van der Waals surface area (Å²) in [4.78, 5) is 11.1. The highest BCUT2D eigenvalue weighted by molar-refractivity contribution is 9.24. The lowest BCUT2D eigenvalue weighted by Gasteiger charge is -1.97. The molecule has 0 bridgehead atoms. The molecule has 0 aromatic heterocycles. The van der Waals surface area contributed by atoms with E-state index in [0.29, 0.717) is 11.3 Å². The lowest BCUT2D eigenvalue weighted by molar-refractivity contribution is -0.133. The maximum absolute atomic E-state index is 11.1. The van der Waals surface area contributed by atoms with E-state index in [4.69, 9.17) is 4.74 Å². The van der Waals surface area contributed by atoms with E-state index in [-0.39, 0.29) is 9.71 Å². The summed E-state index contributed by atoms with van der Waals surface area (Å²) in [6.45, 7) is 1.82. The number of rotatable bonds is 1. The molecular weight excluding hydrogens is 356 g/mol. The molecule has 1 aliphatic rings. The molecule has 0 radical (unpaired) electrons. The first kappa shape index (κ1) is 10.5. The second-order valence-electron chi connectivity index (χ2n) is 2.19. The third kappa shape index (κ3) is 2.20. The van der Waals surface area contributed by atoms with Crippen LogP contribution in [0.15, 0.2) is 21.9 Å². The fraction of sp³-hybridized carbons (Fsp3) is 0.286. The van der Waals surface area contributed by atoms with Gasteiger partial charge in [0.2, 0.25) is 0 Å². The Hall–Kier alpha value is 0.390. The van der Waals surface area contributed by atoms with Crippen LogP contribution < -0.4 is 0 Å². The number of carbonyl (C=O) groups is 1. The number of carbonyl (C=O) groups excluding carboxylic acids is 1. The number of allylic oxidation sites excluding steroid dienone is 2. The van der Waals surface area contributed by atoms with Crippen LogP contribution in [0.5, 0.6) is 0 Å². The normalized spacial score (nSPS) is 21.1. The van der Waals surface area contributed by atoms with Gasteiger partial charge in [0.15, 0.2) is 0 Å². The third-order valence-corrected chi connectivity index (χ3v) is 2.68. The highest BCUT2D eigenvalue weighted by Gasteiger charge is 2.26. The summed E-state index contributed by atoms with van der Waals surface area (Å²) in [5.41, 5.74) is 0.573. The van der Waals surface area contributed by atoms with Crippen molar-refractivity contribution < 1.29 is 9.53 Å². The summed E-state index contributed by atoms with van der Waals surface area (Å²) in [6, 6.07) is 0. The van der Waals surface area contributed by atoms with Crippen LogP contribution in [-0.4, -0.2) is 9.71 Å². The molecular formula is C7H5Br3O2. The minimum atomic E-state index is -0.317. The second-order valence-corrected chi connectivity index (χ2v) is 6.44. The molecule has 0 saturated heterocycles. The van der Waals surface area contributed by atoms with Crippen LogP contribution in [0.1, 0.15) is 6.92 Å². The monoisotopic (exact) mass is 358 g/mol. The summed E-state index contributed by atoms with van der Waals surface area (Å²) >= 11 is 9.69. The van der Waals surface area contributed by atoms with Crippen molar-refractivity contribution in [1.29, 1.82) is 0 Å². The van der Waals surface area contributed by atoms with Gasteiger partial charge in [0.05, 0.1) is 5.57 Å². The predicted molar refractivity (Wildman–Crippen MR) is 57.4 cm³/mol. The number of cyclic esters (lactones) is 1. The van der Waals surface area contributed by atoms with Gasteiger partial charge in [-0.3, -0.25) is 0 Å². The molecule has 0 aliphatic carbocycles. The van der Waals surface area contributed by atoms with E-state index in [9.17, 15) is 4.79 Å². The van der Waals surface area contributed by atoms with E-state index in [0.717, 1.165) is 4.48 Å². The van der Waals surface area contributed by atoms with Crippen molar-refractivity contribution >= 4 is 53.8 Å². The summed E-state index contributed by atoms with van der Waals surface area (Å²) in [5.74, 6) is 0.251. The molecule has 0 amide bonds. The van der Waals surface area contributed by atoms with Gasteiger partial charge in [-0.15, -0.1) is 0 Å². The molecule has 0 spiro atoms. The molecule has 0 fully saturated rings. The van der Waals surface area contributed by atoms with E-state index in [2.05, 4.69) is 47.8 Å². The zero-order valence-electron chi connectivity index (χ0n) is 6.11. The van der Waals surface area contributed by atoms with Gasteiger partial charge in [-0.05, 0) is 13.0 Å². The fourth-order valence-electron chi connectivity index (χ4n) is 0.710. The maximum atomic E-state index is 11.1. The topological polar surface area (TPSA) is 26.3 Å². The van der Waals surface area contributed by atoms with Gasteiger partial charge in [-0.1, -0.05) is 47.8 Å². The molecule has 0 aromatic rings. The number of halogens is 3. The van der Waals surface area contributed by atoms with E-state index in [1.807, 2.05) is 6.92 Å². The fourth-order valence-corrected chi connectivity index (χ4v) is 1.54. The maximum Gasteiger partial charge on any atom is 0.341 e. The number of esters is 1. The van der Waals surface area contributed by atoms with Crippen LogP contribution in [0.4, 0.5) is 0 Å². The van der Waals surface area contributed by atoms with Crippen molar-refractivity contribution in [2.75, 3.05) is 0 Å². The Labute approximate surface area is 95.4 Å². The van der Waals surface area contributed by atoms with Gasteiger partial charge in [0.1, 0.15) is 9.50 Å². The summed E-state index contributed by atoms with van der Waals surface area (Å²) in [7, 11) is 0. The minimum absolute atomic E-state index is 0.151. The quantitative estimate of drug-likeness (QED) is 0.530. The van der Waals surface area contributed by atoms with Gasteiger partial charge < -0.3 is 4.74 Å². The average Bonchev–Trinajstić information content (AvgIpc) is 2.30. The van der Waals surface area contributed by atoms with Crippen molar-refractivity contribution in [3.8, 4) is 0 Å². The molecule has 0 N–H and O–H groups in total. The molecule has 1 aliphatic heterocycles. The zero-order chi connectivity index (χ0) is 9.30. The molecule has 5 heteroatoms. The van der Waals surface area contributed by atoms with Crippen molar-refractivity contribution in [2.24, 2.45) is 0 Å². The standard InChI is InChI=1S/C7H5Br3O2/c1-3(8)5-2-4(6(9)10)7(11)12-5/h2,6H,1H3/b5-3-. The van der Waals surface area contributed by atoms with Gasteiger partial charge >= 0.3 is 5.97 Å². The Balaban J connectivity index is 2.97. The lowest BCUT2D eigenvalue weighted by atomic mass is 10.3. The highest BCUT2D eigenvalue weighted by Crippen LogP contribution is 2.30. The van der Waals surface area contributed by atoms with Crippen LogP contribution in [0.25, 0.3) is 0 Å². The van der Waals surface area contributed by atoms with Gasteiger partial charge in [0, 0.05) is 4.48 Å². The number of ether oxygens (including phenoxy) is 1. The van der Waals surface area contributed by atoms with Crippen molar-refractivity contribution in [1.82, 2.24) is 0 Å². The average molecular weight is 361 g/mol. The van der Waals surface area contributed by atoms with E-state index in [1.54, 1.807) is 6.08 Å². The molecule has 0 atom stereocenters. The van der Waals surface area contributed by atoms with Crippen LogP contribution >= 0.6 is 47.8 Å². The van der Waals surface area contributed by atoms with Gasteiger partial charge in [-0.2, -0.15) is 0 Å². The minimum Gasteiger partial charge on any atom is -0.422 e. The number of hydrogen-bond acceptors (Lipinski definition) is 2. The predicted octanol–water partition coefficient (Wildman–Crippen LogP) is 3.21. The molecule has 2 nitrogen and oxygen atoms in total. The highest BCUT2D eigenvalue weighted by atomic mass is 79.9. The summed E-state index contributed by atoms with van der Waals surface area (Å²) < 4.78 is 5.60. The molecule has 1 rings (SSSR count). The first-order valence-corrected chi connectivity index (χ1v) is 5.73. The largest absolute Gasteiger partial charge is 0.422 e. The second kappa shape index (κ2) is 4.07. The van der Waals surface area contributed by atoms with Crippen LogP contribution in [0.2, 0.25) is 0 Å². The van der Waals surface area contributed by atoms with E-state index >= 15 is 0 Å². The number of hydrogen-bond donors (Lipinski definition) is 0.